The van der Waals surface area contributed by atoms with Gasteiger partial charge in [-0.3, -0.25) is 4.79 Å². The van der Waals surface area contributed by atoms with Crippen LogP contribution < -0.4 is 11.1 Å². The van der Waals surface area contributed by atoms with Crippen LogP contribution in [0.15, 0.2) is 0 Å². The van der Waals surface area contributed by atoms with Crippen molar-refractivity contribution >= 4 is 28.2 Å². The van der Waals surface area contributed by atoms with Crippen molar-refractivity contribution in [2.24, 2.45) is 11.7 Å². The Morgan fingerprint density at radius 3 is 2.40 bits per heavy atom. The van der Waals surface area contributed by atoms with Gasteiger partial charge in [0.05, 0.1) is 5.75 Å². The molecule has 1 saturated carbocycles. The van der Waals surface area contributed by atoms with Gasteiger partial charge >= 0.3 is 0 Å². The lowest BCUT2D eigenvalue weighted by Crippen LogP contribution is -2.45. The van der Waals surface area contributed by atoms with Gasteiger partial charge in [-0.2, -0.15) is 0 Å². The molecule has 0 aliphatic heterocycles. The van der Waals surface area contributed by atoms with Crippen LogP contribution in [0.1, 0.15) is 46.0 Å². The minimum absolute atomic E-state index is 0. The van der Waals surface area contributed by atoms with Crippen LogP contribution in [0.5, 0.6) is 0 Å². The van der Waals surface area contributed by atoms with E-state index >= 15 is 0 Å². The van der Waals surface area contributed by atoms with Crippen LogP contribution in [0.2, 0.25) is 0 Å². The van der Waals surface area contributed by atoms with Gasteiger partial charge in [0, 0.05) is 24.3 Å². The van der Waals surface area contributed by atoms with Crippen molar-refractivity contribution in [1.82, 2.24) is 5.32 Å². The molecule has 1 fully saturated rings. The highest BCUT2D eigenvalue weighted by Crippen LogP contribution is 2.27. The smallest absolute Gasteiger partial charge is 0.220 e. The molecule has 0 spiro atoms. The van der Waals surface area contributed by atoms with Gasteiger partial charge in [-0.05, 0) is 39.0 Å². The number of amides is 1. The topological polar surface area (TPSA) is 89.3 Å². The SMILES string of the molecule is CC(C)(CCS(C)(=O)=O)NC(=O)C[C@@H]1CCC[C@H]1N.Cl. The van der Waals surface area contributed by atoms with E-state index in [2.05, 4.69) is 5.32 Å². The Kier molecular flexibility index (Phi) is 7.49. The summed E-state index contributed by atoms with van der Waals surface area (Å²) in [5.74, 6) is 0.329. The highest BCUT2D eigenvalue weighted by atomic mass is 35.5. The minimum Gasteiger partial charge on any atom is -0.351 e. The van der Waals surface area contributed by atoms with E-state index in [1.54, 1.807) is 0 Å². The summed E-state index contributed by atoms with van der Waals surface area (Å²) >= 11 is 0. The molecular formula is C13H27ClN2O3S. The zero-order valence-electron chi connectivity index (χ0n) is 12.5. The molecule has 5 nitrogen and oxygen atoms in total. The van der Waals surface area contributed by atoms with Crippen molar-refractivity contribution in [2.45, 2.75) is 57.5 Å². The lowest BCUT2D eigenvalue weighted by atomic mass is 9.97. The highest BCUT2D eigenvalue weighted by Gasteiger charge is 2.28. The Morgan fingerprint density at radius 2 is 1.95 bits per heavy atom. The van der Waals surface area contributed by atoms with Crippen LogP contribution in [0, 0.1) is 5.92 Å². The summed E-state index contributed by atoms with van der Waals surface area (Å²) in [5.41, 5.74) is 5.45. The van der Waals surface area contributed by atoms with E-state index in [1.165, 1.54) is 6.26 Å². The number of rotatable bonds is 6. The molecule has 0 aromatic rings. The summed E-state index contributed by atoms with van der Waals surface area (Å²) in [4.78, 5) is 12.0. The van der Waals surface area contributed by atoms with Crippen LogP contribution in [-0.2, 0) is 14.6 Å². The normalized spacial score (nSPS) is 23.2. The minimum atomic E-state index is -3.00. The number of hydrogen-bond acceptors (Lipinski definition) is 4. The van der Waals surface area contributed by atoms with Crippen molar-refractivity contribution in [3.8, 4) is 0 Å². The van der Waals surface area contributed by atoms with E-state index in [9.17, 15) is 13.2 Å². The van der Waals surface area contributed by atoms with E-state index in [-0.39, 0.29) is 36.0 Å². The van der Waals surface area contributed by atoms with Gasteiger partial charge in [-0.15, -0.1) is 12.4 Å². The van der Waals surface area contributed by atoms with Gasteiger partial charge in [-0.1, -0.05) is 6.42 Å². The first-order valence-electron chi connectivity index (χ1n) is 6.83. The standard InChI is InChI=1S/C13H26N2O3S.ClH/c1-13(2,7-8-19(3,17)18)15-12(16)9-10-5-4-6-11(10)14;/h10-11H,4-9,14H2,1-3H3,(H,15,16);1H/t10-,11+;/m0./s1. The molecule has 7 heteroatoms. The Hall–Kier alpha value is -0.330. The second-order valence-corrected chi connectivity index (χ2v) is 8.63. The Balaban J connectivity index is 0.00000361. The zero-order valence-corrected chi connectivity index (χ0v) is 14.1. The van der Waals surface area contributed by atoms with Crippen molar-refractivity contribution < 1.29 is 13.2 Å². The van der Waals surface area contributed by atoms with Crippen LogP contribution in [0.4, 0.5) is 0 Å². The van der Waals surface area contributed by atoms with E-state index in [0.29, 0.717) is 12.8 Å². The number of sulfone groups is 1. The largest absolute Gasteiger partial charge is 0.351 e. The first-order valence-corrected chi connectivity index (χ1v) is 8.89. The summed E-state index contributed by atoms with van der Waals surface area (Å²) in [7, 11) is -3.00. The van der Waals surface area contributed by atoms with Gasteiger partial charge in [0.2, 0.25) is 5.91 Å². The second kappa shape index (κ2) is 7.61. The lowest BCUT2D eigenvalue weighted by Gasteiger charge is -2.27. The molecule has 0 unspecified atom stereocenters. The first kappa shape index (κ1) is 19.7. The van der Waals surface area contributed by atoms with Gasteiger partial charge in [0.25, 0.3) is 0 Å². The number of nitrogens with two attached hydrogens (primary N) is 1. The molecule has 0 radical (unpaired) electrons. The molecule has 3 N–H and O–H groups in total. The van der Waals surface area contributed by atoms with E-state index in [4.69, 9.17) is 5.73 Å². The van der Waals surface area contributed by atoms with E-state index in [1.807, 2.05) is 13.8 Å². The van der Waals surface area contributed by atoms with Gasteiger partial charge in [0.15, 0.2) is 0 Å². The van der Waals surface area contributed by atoms with Crippen molar-refractivity contribution in [3.05, 3.63) is 0 Å². The molecule has 1 aliphatic carbocycles. The van der Waals surface area contributed by atoms with Crippen LogP contribution in [-0.4, -0.2) is 37.9 Å². The number of carbonyl (C=O) groups is 1. The zero-order chi connectivity index (χ0) is 14.7. The van der Waals surface area contributed by atoms with Gasteiger partial charge in [-0.25, -0.2) is 8.42 Å². The molecule has 1 aliphatic rings. The molecule has 120 valence electrons. The number of hydrogen-bond donors (Lipinski definition) is 2. The summed E-state index contributed by atoms with van der Waals surface area (Å²) in [6.45, 7) is 3.70. The van der Waals surface area contributed by atoms with Crippen LogP contribution in [0.3, 0.4) is 0 Å². The molecule has 1 amide bonds. The predicted molar refractivity (Wildman–Crippen MR) is 83.7 cm³/mol. The molecule has 0 aromatic heterocycles. The summed E-state index contributed by atoms with van der Waals surface area (Å²) in [6, 6.07) is 0.130. The third kappa shape index (κ3) is 7.45. The molecule has 0 saturated heterocycles. The molecular weight excluding hydrogens is 300 g/mol. The number of nitrogens with one attached hydrogen (secondary N) is 1. The maximum absolute atomic E-state index is 12.0. The van der Waals surface area contributed by atoms with Crippen molar-refractivity contribution in [1.29, 1.82) is 0 Å². The monoisotopic (exact) mass is 326 g/mol. The molecule has 0 heterocycles. The molecule has 0 aromatic carbocycles. The average molecular weight is 327 g/mol. The molecule has 2 atom stereocenters. The van der Waals surface area contributed by atoms with Crippen LogP contribution >= 0.6 is 12.4 Å². The third-order valence-electron chi connectivity index (χ3n) is 3.74. The summed E-state index contributed by atoms with van der Waals surface area (Å²) < 4.78 is 22.3. The number of halogens is 1. The second-order valence-electron chi connectivity index (χ2n) is 6.37. The van der Waals surface area contributed by atoms with E-state index < -0.39 is 15.4 Å². The fraction of sp³-hybridized carbons (Fsp3) is 0.923. The predicted octanol–water partition coefficient (Wildman–Crippen LogP) is 1.26. The Labute approximate surface area is 128 Å². The fourth-order valence-corrected chi connectivity index (χ4v) is 3.37. The fourth-order valence-electron chi connectivity index (χ4n) is 2.49. The van der Waals surface area contributed by atoms with E-state index in [0.717, 1.165) is 19.3 Å². The number of carbonyl (C=O) groups excluding carboxylic acids is 1. The quantitative estimate of drug-likeness (QED) is 0.769. The average Bonchev–Trinajstić information content (AvgIpc) is 2.60. The Bertz CT molecular complexity index is 423. The van der Waals surface area contributed by atoms with Gasteiger partial charge in [0.1, 0.15) is 9.84 Å². The first-order chi connectivity index (χ1) is 8.59. The molecule has 0 bridgehead atoms. The van der Waals surface area contributed by atoms with Gasteiger partial charge < -0.3 is 11.1 Å². The highest BCUT2D eigenvalue weighted by molar-refractivity contribution is 7.90. The third-order valence-corrected chi connectivity index (χ3v) is 4.69. The Morgan fingerprint density at radius 1 is 1.35 bits per heavy atom. The summed E-state index contributed by atoms with van der Waals surface area (Å²) in [6.07, 6.45) is 5.19. The maximum atomic E-state index is 12.0. The van der Waals surface area contributed by atoms with Crippen LogP contribution in [0.25, 0.3) is 0 Å². The molecule has 20 heavy (non-hydrogen) atoms. The lowest BCUT2D eigenvalue weighted by molar-refractivity contribution is -0.123. The van der Waals surface area contributed by atoms with Crippen molar-refractivity contribution in [2.75, 3.05) is 12.0 Å². The van der Waals surface area contributed by atoms with Crippen molar-refractivity contribution in [3.63, 3.8) is 0 Å². The summed E-state index contributed by atoms with van der Waals surface area (Å²) in [5, 5.41) is 2.92. The molecule has 1 rings (SSSR count). The maximum Gasteiger partial charge on any atom is 0.220 e.